The lowest BCUT2D eigenvalue weighted by atomic mass is 10.2. The molecule has 2 N–H and O–H groups in total. The first-order valence-corrected chi connectivity index (χ1v) is 7.12. The van der Waals surface area contributed by atoms with Gasteiger partial charge in [-0.05, 0) is 12.1 Å². The van der Waals surface area contributed by atoms with Crippen LogP contribution in [0.1, 0.15) is 5.89 Å². The summed E-state index contributed by atoms with van der Waals surface area (Å²) in [6.45, 7) is 1.63. The van der Waals surface area contributed by atoms with Gasteiger partial charge in [0.05, 0.1) is 13.2 Å². The van der Waals surface area contributed by atoms with Gasteiger partial charge in [-0.25, -0.2) is 0 Å². The lowest BCUT2D eigenvalue weighted by Crippen LogP contribution is -2.38. The molecule has 0 saturated heterocycles. The van der Waals surface area contributed by atoms with Crippen molar-refractivity contribution in [2.24, 2.45) is 4.99 Å². The fourth-order valence-electron chi connectivity index (χ4n) is 1.72. The molecule has 0 radical (unpaired) electrons. The number of nitrogens with one attached hydrogen (secondary N) is 2. The molecule has 7 nitrogen and oxygen atoms in total. The molecule has 2 rings (SSSR count). The van der Waals surface area contributed by atoms with Gasteiger partial charge in [0.15, 0.2) is 5.96 Å². The lowest BCUT2D eigenvalue weighted by Gasteiger charge is -2.09. The fourth-order valence-corrected chi connectivity index (χ4v) is 1.91. The summed E-state index contributed by atoms with van der Waals surface area (Å²) in [6.07, 6.45) is 0. The van der Waals surface area contributed by atoms with Crippen LogP contribution in [0.5, 0.6) is 0 Å². The van der Waals surface area contributed by atoms with Crippen molar-refractivity contribution in [1.29, 1.82) is 0 Å². The molecule has 0 unspecified atom stereocenters. The Morgan fingerprint density at radius 2 is 2.27 bits per heavy atom. The summed E-state index contributed by atoms with van der Waals surface area (Å²) in [6, 6.07) is 7.30. The number of methoxy groups -OCH3 is 1. The second-order valence-corrected chi connectivity index (χ2v) is 4.80. The number of hydrogen-bond donors (Lipinski definition) is 2. The van der Waals surface area contributed by atoms with Gasteiger partial charge in [-0.15, -0.1) is 0 Å². The molecule has 0 aliphatic heterocycles. The van der Waals surface area contributed by atoms with E-state index in [1.807, 2.05) is 12.1 Å². The quantitative estimate of drug-likeness (QED) is 0.478. The van der Waals surface area contributed by atoms with Gasteiger partial charge in [0, 0.05) is 31.3 Å². The number of ether oxygens (including phenoxy) is 1. The smallest absolute Gasteiger partial charge is 0.246 e. The molecule has 0 amide bonds. The van der Waals surface area contributed by atoms with E-state index in [-0.39, 0.29) is 0 Å². The second kappa shape index (κ2) is 8.35. The summed E-state index contributed by atoms with van der Waals surface area (Å²) in [5.74, 6) is 1.60. The maximum absolute atomic E-state index is 5.95. The molecule has 22 heavy (non-hydrogen) atoms. The standard InChI is InChI=1S/C14H18ClN5O2/c1-16-14(17-6-7-21-2)18-9-12-19-13(20-22-12)10-4-3-5-11(15)8-10/h3-5,8H,6-7,9H2,1-2H3,(H2,16,17,18). The van der Waals surface area contributed by atoms with Crippen LogP contribution in [-0.4, -0.2) is 43.4 Å². The molecule has 2 aromatic rings. The number of hydrogen-bond acceptors (Lipinski definition) is 5. The Kier molecular flexibility index (Phi) is 6.17. The molecule has 8 heteroatoms. The second-order valence-electron chi connectivity index (χ2n) is 4.37. The zero-order valence-electron chi connectivity index (χ0n) is 12.5. The van der Waals surface area contributed by atoms with Gasteiger partial charge in [0.25, 0.3) is 0 Å². The predicted molar refractivity (Wildman–Crippen MR) is 84.8 cm³/mol. The maximum Gasteiger partial charge on any atom is 0.246 e. The van der Waals surface area contributed by atoms with Crippen LogP contribution in [0.3, 0.4) is 0 Å². The van der Waals surface area contributed by atoms with Gasteiger partial charge in [-0.3, -0.25) is 4.99 Å². The van der Waals surface area contributed by atoms with Crippen LogP contribution >= 0.6 is 11.6 Å². The molecule has 118 valence electrons. The summed E-state index contributed by atoms with van der Waals surface area (Å²) in [5.41, 5.74) is 0.810. The maximum atomic E-state index is 5.95. The van der Waals surface area contributed by atoms with Crippen LogP contribution in [-0.2, 0) is 11.3 Å². The van der Waals surface area contributed by atoms with Crippen LogP contribution in [0, 0.1) is 0 Å². The lowest BCUT2D eigenvalue weighted by molar-refractivity contribution is 0.203. The van der Waals surface area contributed by atoms with Gasteiger partial charge < -0.3 is 19.9 Å². The summed E-state index contributed by atoms with van der Waals surface area (Å²) in [7, 11) is 3.33. The van der Waals surface area contributed by atoms with E-state index in [4.69, 9.17) is 20.9 Å². The van der Waals surface area contributed by atoms with Crippen molar-refractivity contribution in [3.63, 3.8) is 0 Å². The van der Waals surface area contributed by atoms with Crippen molar-refractivity contribution in [1.82, 2.24) is 20.8 Å². The molecule has 0 atom stereocenters. The molecule has 0 aliphatic carbocycles. The molecule has 0 bridgehead atoms. The highest BCUT2D eigenvalue weighted by Crippen LogP contribution is 2.19. The van der Waals surface area contributed by atoms with E-state index in [1.165, 1.54) is 0 Å². The van der Waals surface area contributed by atoms with Crippen LogP contribution in [0.2, 0.25) is 5.02 Å². The van der Waals surface area contributed by atoms with Gasteiger partial charge >= 0.3 is 0 Å². The van der Waals surface area contributed by atoms with Crippen LogP contribution in [0.15, 0.2) is 33.8 Å². The van der Waals surface area contributed by atoms with Crippen molar-refractivity contribution < 1.29 is 9.26 Å². The SMILES string of the molecule is CN=C(NCCOC)NCc1nc(-c2cccc(Cl)c2)no1. The van der Waals surface area contributed by atoms with Crippen molar-refractivity contribution >= 4 is 17.6 Å². The first-order chi connectivity index (χ1) is 10.7. The van der Waals surface area contributed by atoms with Gasteiger partial charge in [0.1, 0.15) is 0 Å². The van der Waals surface area contributed by atoms with Crippen LogP contribution in [0.4, 0.5) is 0 Å². The number of rotatable bonds is 6. The fraction of sp³-hybridized carbons (Fsp3) is 0.357. The van der Waals surface area contributed by atoms with Gasteiger partial charge in [-0.1, -0.05) is 28.9 Å². The van der Waals surface area contributed by atoms with E-state index < -0.39 is 0 Å². The Labute approximate surface area is 133 Å². The average molecular weight is 324 g/mol. The van der Waals surface area contributed by atoms with Crippen molar-refractivity contribution in [2.45, 2.75) is 6.54 Å². The van der Waals surface area contributed by atoms with Crippen molar-refractivity contribution in [3.8, 4) is 11.4 Å². The van der Waals surface area contributed by atoms with E-state index in [0.717, 1.165) is 5.56 Å². The molecule has 0 saturated carbocycles. The highest BCUT2D eigenvalue weighted by atomic mass is 35.5. The molecule has 1 heterocycles. The summed E-state index contributed by atoms with van der Waals surface area (Å²) < 4.78 is 10.2. The summed E-state index contributed by atoms with van der Waals surface area (Å²) >= 11 is 5.95. The summed E-state index contributed by atoms with van der Waals surface area (Å²) in [4.78, 5) is 8.40. The number of halogens is 1. The van der Waals surface area contributed by atoms with Gasteiger partial charge in [-0.2, -0.15) is 4.98 Å². The minimum Gasteiger partial charge on any atom is -0.383 e. The normalized spacial score (nSPS) is 11.5. The van der Waals surface area contributed by atoms with Gasteiger partial charge in [0.2, 0.25) is 11.7 Å². The Morgan fingerprint density at radius 1 is 1.41 bits per heavy atom. The largest absolute Gasteiger partial charge is 0.383 e. The minimum absolute atomic E-state index is 0.375. The van der Waals surface area contributed by atoms with E-state index >= 15 is 0 Å². The summed E-state index contributed by atoms with van der Waals surface area (Å²) in [5, 5.41) is 10.7. The number of aliphatic imine (C=N–C) groups is 1. The molecule has 0 aliphatic rings. The molecular formula is C14H18ClN5O2. The molecule has 0 fully saturated rings. The van der Waals surface area contributed by atoms with E-state index in [2.05, 4.69) is 25.8 Å². The number of benzene rings is 1. The third-order valence-electron chi connectivity index (χ3n) is 2.78. The molecule has 1 aromatic carbocycles. The van der Waals surface area contributed by atoms with E-state index in [0.29, 0.717) is 42.4 Å². The Balaban J connectivity index is 1.92. The zero-order valence-corrected chi connectivity index (χ0v) is 13.2. The average Bonchev–Trinajstić information content (AvgIpc) is 3.00. The van der Waals surface area contributed by atoms with Crippen LogP contribution in [0.25, 0.3) is 11.4 Å². The minimum atomic E-state index is 0.375. The van der Waals surface area contributed by atoms with E-state index in [9.17, 15) is 0 Å². The monoisotopic (exact) mass is 323 g/mol. The Bertz CT molecular complexity index is 629. The number of aromatic nitrogens is 2. The highest BCUT2D eigenvalue weighted by molar-refractivity contribution is 6.30. The first kappa shape index (κ1) is 16.3. The molecular weight excluding hydrogens is 306 g/mol. The molecule has 0 spiro atoms. The Morgan fingerprint density at radius 3 is 3.00 bits per heavy atom. The predicted octanol–water partition coefficient (Wildman–Crippen LogP) is 1.70. The van der Waals surface area contributed by atoms with E-state index in [1.54, 1.807) is 26.3 Å². The number of nitrogens with zero attached hydrogens (tertiary/aromatic N) is 3. The van der Waals surface area contributed by atoms with Crippen molar-refractivity contribution in [2.75, 3.05) is 27.3 Å². The van der Waals surface area contributed by atoms with Crippen LogP contribution < -0.4 is 10.6 Å². The number of guanidine groups is 1. The first-order valence-electron chi connectivity index (χ1n) is 6.75. The Hall–Kier alpha value is -2.12. The highest BCUT2D eigenvalue weighted by Gasteiger charge is 2.09. The zero-order chi connectivity index (χ0) is 15.8. The third kappa shape index (κ3) is 4.71. The topological polar surface area (TPSA) is 84.6 Å². The molecule has 1 aromatic heterocycles. The third-order valence-corrected chi connectivity index (χ3v) is 3.02. The van der Waals surface area contributed by atoms with Crippen molar-refractivity contribution in [3.05, 3.63) is 35.2 Å².